The fourth-order valence-electron chi connectivity index (χ4n) is 2.07. The van der Waals surface area contributed by atoms with Crippen LogP contribution in [0.25, 0.3) is 0 Å². The van der Waals surface area contributed by atoms with Gasteiger partial charge in [-0.1, -0.05) is 0 Å². The zero-order valence-electron chi connectivity index (χ0n) is 12.2. The summed E-state index contributed by atoms with van der Waals surface area (Å²) >= 11 is 0. The maximum Gasteiger partial charge on any atom is 0.195 e. The van der Waals surface area contributed by atoms with Crippen molar-refractivity contribution in [2.24, 2.45) is 0 Å². The Morgan fingerprint density at radius 2 is 1.91 bits per heavy atom. The lowest BCUT2D eigenvalue weighted by Gasteiger charge is -2.21. The van der Waals surface area contributed by atoms with Crippen LogP contribution in [0.15, 0.2) is 6.07 Å². The first kappa shape index (κ1) is 17.6. The molecule has 0 unspecified atom stereocenters. The summed E-state index contributed by atoms with van der Waals surface area (Å²) in [6.45, 7) is 0.574. The molecule has 0 aliphatic carbocycles. The third kappa shape index (κ3) is 3.62. The van der Waals surface area contributed by atoms with Crippen molar-refractivity contribution in [3.63, 3.8) is 0 Å². The van der Waals surface area contributed by atoms with Gasteiger partial charge in [0.1, 0.15) is 12.5 Å². The molecular weight excluding hydrogens is 320 g/mol. The molecule has 0 bridgehead atoms. The summed E-state index contributed by atoms with van der Waals surface area (Å²) in [6, 6.07) is -0.311. The second kappa shape index (κ2) is 7.24. The molecule has 3 N–H and O–H groups in total. The van der Waals surface area contributed by atoms with Crippen LogP contribution in [0.4, 0.5) is 17.6 Å². The summed E-state index contributed by atoms with van der Waals surface area (Å²) in [7, 11) is 0. The summed E-state index contributed by atoms with van der Waals surface area (Å²) in [5.74, 6) is -5.53. The molecule has 128 valence electrons. The van der Waals surface area contributed by atoms with E-state index in [1.165, 1.54) is 6.92 Å². The lowest BCUT2D eigenvalue weighted by atomic mass is 10.1. The number of aliphatic hydroxyl groups excluding tert-OH is 1. The van der Waals surface area contributed by atoms with Crippen LogP contribution < -0.4 is 5.32 Å². The Balaban J connectivity index is 2.35. The first-order valence-electron chi connectivity index (χ1n) is 6.86. The number of benzene rings is 1. The first-order chi connectivity index (χ1) is 10.9. The third-order valence-electron chi connectivity index (χ3n) is 3.40. The largest absolute Gasteiger partial charge is 0.391 e. The minimum absolute atomic E-state index is 0.167. The van der Waals surface area contributed by atoms with Gasteiger partial charge in [-0.15, -0.1) is 0 Å². The third-order valence-corrected chi connectivity index (χ3v) is 3.40. The van der Waals surface area contributed by atoms with Crippen LogP contribution in [-0.4, -0.2) is 43.0 Å². The zero-order valence-corrected chi connectivity index (χ0v) is 12.2. The smallest absolute Gasteiger partial charge is 0.195 e. The van der Waals surface area contributed by atoms with Gasteiger partial charge in [-0.3, -0.25) is 5.41 Å². The molecule has 1 heterocycles. The van der Waals surface area contributed by atoms with Gasteiger partial charge >= 0.3 is 0 Å². The van der Waals surface area contributed by atoms with Gasteiger partial charge in [-0.25, -0.2) is 17.6 Å². The van der Waals surface area contributed by atoms with Crippen LogP contribution >= 0.6 is 0 Å². The molecule has 0 amide bonds. The predicted octanol–water partition coefficient (Wildman–Crippen LogP) is 1.78. The topological polar surface area (TPSA) is 74.6 Å². The summed E-state index contributed by atoms with van der Waals surface area (Å²) in [4.78, 5) is 0. The Hall–Kier alpha value is -1.71. The number of aliphatic hydroxyl groups is 1. The van der Waals surface area contributed by atoms with Crippen LogP contribution in [-0.2, 0) is 9.47 Å². The first-order valence-corrected chi connectivity index (χ1v) is 6.86. The van der Waals surface area contributed by atoms with E-state index < -0.39 is 59.5 Å². The van der Waals surface area contributed by atoms with Crippen LogP contribution in [0.3, 0.4) is 0 Å². The SMILES string of the molecule is C[C@@H](O)[C@H](CF)NC(=N)c1cc(C2OCCO2)c(F)c(F)c1F. The number of hydrogen-bond acceptors (Lipinski definition) is 4. The van der Waals surface area contributed by atoms with E-state index in [0.29, 0.717) is 0 Å². The van der Waals surface area contributed by atoms with Crippen molar-refractivity contribution in [2.45, 2.75) is 25.4 Å². The van der Waals surface area contributed by atoms with Crippen molar-refractivity contribution in [3.05, 3.63) is 34.6 Å². The van der Waals surface area contributed by atoms with Crippen LogP contribution in [0.2, 0.25) is 0 Å². The molecule has 1 saturated heterocycles. The molecule has 1 aliphatic heterocycles. The highest BCUT2D eigenvalue weighted by molar-refractivity contribution is 5.97. The van der Waals surface area contributed by atoms with Crippen LogP contribution in [0.5, 0.6) is 0 Å². The molecular formula is C14H16F4N2O3. The van der Waals surface area contributed by atoms with Crippen molar-refractivity contribution in [1.82, 2.24) is 5.32 Å². The number of rotatable bonds is 5. The predicted molar refractivity (Wildman–Crippen MR) is 72.4 cm³/mol. The van der Waals surface area contributed by atoms with E-state index >= 15 is 0 Å². The molecule has 1 aromatic carbocycles. The van der Waals surface area contributed by atoms with Gasteiger partial charge in [0.2, 0.25) is 0 Å². The molecule has 1 aliphatic rings. The molecule has 0 aromatic heterocycles. The monoisotopic (exact) mass is 336 g/mol. The van der Waals surface area contributed by atoms with E-state index in [1.807, 2.05) is 0 Å². The average Bonchev–Trinajstić information content (AvgIpc) is 3.04. The highest BCUT2D eigenvalue weighted by atomic mass is 19.2. The number of halogens is 4. The van der Waals surface area contributed by atoms with E-state index in [4.69, 9.17) is 14.9 Å². The van der Waals surface area contributed by atoms with Gasteiger partial charge in [0.25, 0.3) is 0 Å². The summed E-state index contributed by atoms with van der Waals surface area (Å²) in [5.41, 5.74) is -1.01. The maximum atomic E-state index is 13.9. The molecule has 0 saturated carbocycles. The molecule has 0 radical (unpaired) electrons. The van der Waals surface area contributed by atoms with Crippen molar-refractivity contribution < 1.29 is 32.1 Å². The second-order valence-electron chi connectivity index (χ2n) is 5.05. The van der Waals surface area contributed by atoms with E-state index in [9.17, 15) is 22.7 Å². The Morgan fingerprint density at radius 1 is 1.30 bits per heavy atom. The zero-order chi connectivity index (χ0) is 17.1. The standard InChI is InChI=1S/C14H16F4N2O3/c1-6(21)9(5-15)20-13(19)7-4-8(14-22-2-3-23-14)11(17)12(18)10(7)16/h4,6,9,14,21H,2-3,5H2,1H3,(H2,19,20)/t6-,9+/m1/s1. The van der Waals surface area contributed by atoms with E-state index in [2.05, 4.69) is 5.32 Å². The van der Waals surface area contributed by atoms with Gasteiger partial charge in [0.15, 0.2) is 23.7 Å². The highest BCUT2D eigenvalue weighted by Crippen LogP contribution is 2.29. The lowest BCUT2D eigenvalue weighted by molar-refractivity contribution is -0.0469. The summed E-state index contributed by atoms with van der Waals surface area (Å²) in [6.07, 6.45) is -2.37. The Morgan fingerprint density at radius 3 is 2.43 bits per heavy atom. The second-order valence-corrected chi connectivity index (χ2v) is 5.05. The summed E-state index contributed by atoms with van der Waals surface area (Å²) < 4.78 is 64.3. The Bertz CT molecular complexity index is 592. The molecule has 5 nitrogen and oxygen atoms in total. The molecule has 2 atom stereocenters. The van der Waals surface area contributed by atoms with Gasteiger partial charge < -0.3 is 19.9 Å². The lowest BCUT2D eigenvalue weighted by Crippen LogP contribution is -2.44. The quantitative estimate of drug-likeness (QED) is 0.332. The molecule has 23 heavy (non-hydrogen) atoms. The molecule has 9 heteroatoms. The van der Waals surface area contributed by atoms with Gasteiger partial charge in [-0.05, 0) is 13.0 Å². The normalized spacial score (nSPS) is 18.0. The average molecular weight is 336 g/mol. The minimum atomic E-state index is -1.78. The summed E-state index contributed by atoms with van der Waals surface area (Å²) in [5, 5.41) is 19.3. The molecule has 1 aromatic rings. The van der Waals surface area contributed by atoms with E-state index in [-0.39, 0.29) is 13.2 Å². The van der Waals surface area contributed by atoms with Gasteiger partial charge in [-0.2, -0.15) is 0 Å². The number of hydrogen-bond donors (Lipinski definition) is 3. The fraction of sp³-hybridized carbons (Fsp3) is 0.500. The van der Waals surface area contributed by atoms with E-state index in [1.54, 1.807) is 0 Å². The van der Waals surface area contributed by atoms with Crippen molar-refractivity contribution in [2.75, 3.05) is 19.9 Å². The fourth-order valence-corrected chi connectivity index (χ4v) is 2.07. The highest BCUT2D eigenvalue weighted by Gasteiger charge is 2.29. The number of amidine groups is 1. The molecule has 2 rings (SSSR count). The Labute approximate surface area is 129 Å². The van der Waals surface area contributed by atoms with Crippen molar-refractivity contribution in [3.8, 4) is 0 Å². The maximum absolute atomic E-state index is 13.9. The number of alkyl halides is 1. The van der Waals surface area contributed by atoms with Crippen molar-refractivity contribution in [1.29, 1.82) is 5.41 Å². The van der Waals surface area contributed by atoms with Crippen LogP contribution in [0, 0.1) is 22.9 Å². The number of ether oxygens (including phenoxy) is 2. The molecule has 1 fully saturated rings. The minimum Gasteiger partial charge on any atom is -0.391 e. The Kier molecular flexibility index (Phi) is 5.55. The van der Waals surface area contributed by atoms with Gasteiger partial charge in [0, 0.05) is 5.56 Å². The van der Waals surface area contributed by atoms with Crippen molar-refractivity contribution >= 4 is 5.84 Å². The molecule has 0 spiro atoms. The van der Waals surface area contributed by atoms with Crippen LogP contribution in [0.1, 0.15) is 24.3 Å². The van der Waals surface area contributed by atoms with E-state index in [0.717, 1.165) is 6.07 Å². The van der Waals surface area contributed by atoms with Gasteiger partial charge in [0.05, 0.1) is 30.9 Å². The number of nitrogens with one attached hydrogen (secondary N) is 2.